The minimum atomic E-state index is -0.177. The van der Waals surface area contributed by atoms with Crippen molar-refractivity contribution in [2.24, 2.45) is 28.6 Å². The zero-order chi connectivity index (χ0) is 24.9. The molecule has 2 atom stereocenters. The van der Waals surface area contributed by atoms with E-state index < -0.39 is 0 Å². The number of hydrogen-bond donors (Lipinski definition) is 2. The second kappa shape index (κ2) is 12.1. The van der Waals surface area contributed by atoms with Crippen LogP contribution in [0.25, 0.3) is 0 Å². The molecule has 1 aromatic rings. The number of hydrogen-bond acceptors (Lipinski definition) is 5. The quantitative estimate of drug-likeness (QED) is 0.326. The smallest absolute Gasteiger partial charge is 0.184 e. The summed E-state index contributed by atoms with van der Waals surface area (Å²) in [6, 6.07) is 3.73. The molecule has 4 aliphatic rings. The summed E-state index contributed by atoms with van der Waals surface area (Å²) in [5, 5.41) is 4.28. The predicted octanol–water partition coefficient (Wildman–Crippen LogP) is 4.71. The number of rotatable bonds is 6. The Kier molecular flexibility index (Phi) is 8.62. The van der Waals surface area contributed by atoms with Crippen molar-refractivity contribution in [3.63, 3.8) is 0 Å². The fraction of sp³-hybridized carbons (Fsp3) is 0.714. The molecule has 4 fully saturated rings. The highest BCUT2D eigenvalue weighted by molar-refractivity contribution is 7.80. The van der Waals surface area contributed by atoms with Crippen molar-refractivity contribution in [1.29, 1.82) is 0 Å². The summed E-state index contributed by atoms with van der Waals surface area (Å²) in [7, 11) is 0. The Morgan fingerprint density at radius 3 is 2.39 bits per heavy atom. The van der Waals surface area contributed by atoms with Crippen LogP contribution in [0.2, 0.25) is 0 Å². The van der Waals surface area contributed by atoms with Gasteiger partial charge in [-0.2, -0.15) is 5.10 Å². The van der Waals surface area contributed by atoms with Crippen LogP contribution in [0.5, 0.6) is 0 Å². The average molecular weight is 515 g/mol. The highest BCUT2D eigenvalue weighted by atomic mass is 32.1. The molecule has 2 heterocycles. The monoisotopic (exact) mass is 514 g/mol. The van der Waals surface area contributed by atoms with Crippen LogP contribution in [0.4, 0.5) is 15.8 Å². The van der Waals surface area contributed by atoms with Crippen molar-refractivity contribution in [3.8, 4) is 0 Å². The van der Waals surface area contributed by atoms with Crippen molar-refractivity contribution < 1.29 is 4.39 Å². The summed E-state index contributed by atoms with van der Waals surface area (Å²) in [6.07, 6.45) is 15.2. The molecule has 198 valence electrons. The molecule has 0 bridgehead atoms. The van der Waals surface area contributed by atoms with Gasteiger partial charge in [0.2, 0.25) is 0 Å². The lowest BCUT2D eigenvalue weighted by molar-refractivity contribution is 0.191. The maximum Gasteiger partial charge on any atom is 0.184 e. The van der Waals surface area contributed by atoms with E-state index in [2.05, 4.69) is 31.3 Å². The minimum absolute atomic E-state index is 0.110. The van der Waals surface area contributed by atoms with Gasteiger partial charge in [0, 0.05) is 57.1 Å². The van der Waals surface area contributed by atoms with Crippen LogP contribution in [-0.2, 0) is 0 Å². The lowest BCUT2D eigenvalue weighted by Crippen LogP contribution is -2.48. The normalized spacial score (nSPS) is 26.2. The zero-order valence-electron chi connectivity index (χ0n) is 21.6. The molecule has 2 aliphatic carbocycles. The number of nitrogens with two attached hydrogens (primary N) is 1. The third-order valence-electron chi connectivity index (χ3n) is 9.06. The average Bonchev–Trinajstić information content (AvgIpc) is 2.89. The van der Waals surface area contributed by atoms with Crippen molar-refractivity contribution in [1.82, 2.24) is 10.3 Å². The number of anilines is 2. The van der Waals surface area contributed by atoms with E-state index in [0.717, 1.165) is 74.0 Å². The minimum Gasteiger partial charge on any atom is -0.375 e. The van der Waals surface area contributed by atoms with E-state index >= 15 is 4.39 Å². The number of piperidine rings is 1. The van der Waals surface area contributed by atoms with E-state index in [1.807, 2.05) is 0 Å². The molecule has 8 heteroatoms. The van der Waals surface area contributed by atoms with Crippen LogP contribution in [0.3, 0.4) is 0 Å². The highest BCUT2D eigenvalue weighted by Gasteiger charge is 2.32. The first-order valence-electron chi connectivity index (χ1n) is 14.2. The molecule has 2 saturated carbocycles. The molecule has 2 aliphatic heterocycles. The van der Waals surface area contributed by atoms with Gasteiger partial charge in [0.05, 0.1) is 11.9 Å². The maximum absolute atomic E-state index is 15.5. The van der Waals surface area contributed by atoms with Gasteiger partial charge in [-0.05, 0) is 67.8 Å². The van der Waals surface area contributed by atoms with Crippen molar-refractivity contribution in [2.45, 2.75) is 64.2 Å². The summed E-state index contributed by atoms with van der Waals surface area (Å²) in [5.41, 5.74) is 10.8. The number of fused-ring (bicyclic) bond motifs is 1. The van der Waals surface area contributed by atoms with Crippen LogP contribution in [0.15, 0.2) is 17.2 Å². The Balaban J connectivity index is 1.32. The summed E-state index contributed by atoms with van der Waals surface area (Å²) in [5.74, 6) is 2.26. The molecule has 5 rings (SSSR count). The van der Waals surface area contributed by atoms with E-state index in [9.17, 15) is 0 Å². The van der Waals surface area contributed by atoms with Gasteiger partial charge in [0.25, 0.3) is 0 Å². The van der Waals surface area contributed by atoms with Gasteiger partial charge in [-0.3, -0.25) is 10.3 Å². The number of halogens is 1. The number of piperazine rings is 1. The number of benzene rings is 1. The lowest BCUT2D eigenvalue weighted by Gasteiger charge is -2.43. The van der Waals surface area contributed by atoms with Crippen LogP contribution < -0.4 is 21.0 Å². The largest absolute Gasteiger partial charge is 0.375 e. The summed E-state index contributed by atoms with van der Waals surface area (Å²) >= 11 is 4.88. The molecule has 0 unspecified atom stereocenters. The Morgan fingerprint density at radius 2 is 1.64 bits per heavy atom. The molecular weight excluding hydrogens is 471 g/mol. The van der Waals surface area contributed by atoms with Gasteiger partial charge < -0.3 is 15.5 Å². The first-order chi connectivity index (χ1) is 17.6. The first-order valence-corrected chi connectivity index (χ1v) is 14.6. The van der Waals surface area contributed by atoms with E-state index in [-0.39, 0.29) is 10.9 Å². The van der Waals surface area contributed by atoms with Gasteiger partial charge >= 0.3 is 0 Å². The molecule has 3 N–H and O–H groups in total. The van der Waals surface area contributed by atoms with Crippen molar-refractivity contribution in [3.05, 3.63) is 23.5 Å². The number of hydrazone groups is 1. The molecule has 1 aromatic carbocycles. The Bertz CT molecular complexity index is 925. The predicted molar refractivity (Wildman–Crippen MR) is 151 cm³/mol. The lowest BCUT2D eigenvalue weighted by atomic mass is 9.75. The van der Waals surface area contributed by atoms with Gasteiger partial charge in [-0.15, -0.1) is 0 Å². The van der Waals surface area contributed by atoms with Crippen LogP contribution in [-0.4, -0.2) is 62.0 Å². The van der Waals surface area contributed by atoms with Crippen LogP contribution in [0, 0.1) is 23.6 Å². The molecule has 0 amide bonds. The molecule has 0 aromatic heterocycles. The van der Waals surface area contributed by atoms with Gasteiger partial charge in [-0.25, -0.2) is 4.39 Å². The molecule has 6 nitrogen and oxygen atoms in total. The second-order valence-electron chi connectivity index (χ2n) is 11.4. The fourth-order valence-corrected chi connectivity index (χ4v) is 7.13. The third-order valence-corrected chi connectivity index (χ3v) is 9.15. The maximum atomic E-state index is 15.5. The standard InChI is InChI=1S/C28H43FN6S/c29-25-16-24(18-31-32-28(30)36)26(35-11-10-22-8-4-5-9-23(22)20-35)17-27(25)34-14-12-33(13-15-34)19-21-6-2-1-3-7-21/h16-18,21-23H,1-15,19-20H2,(H3,30,32,36)/b31-18+/t22-,23+/m0/s1. The summed E-state index contributed by atoms with van der Waals surface area (Å²) < 4.78 is 15.5. The van der Waals surface area contributed by atoms with Gasteiger partial charge in [0.15, 0.2) is 5.11 Å². The summed E-state index contributed by atoms with van der Waals surface area (Å²) in [4.78, 5) is 7.32. The molecule has 36 heavy (non-hydrogen) atoms. The van der Waals surface area contributed by atoms with E-state index in [1.165, 1.54) is 70.8 Å². The number of nitrogens with zero attached hydrogens (tertiary/aromatic N) is 4. The Labute approximate surface area is 221 Å². The third kappa shape index (κ3) is 6.31. The second-order valence-corrected chi connectivity index (χ2v) is 11.9. The first kappa shape index (κ1) is 25.7. The topological polar surface area (TPSA) is 60.1 Å². The molecule has 0 radical (unpaired) electrons. The Hall–Kier alpha value is -1.93. The van der Waals surface area contributed by atoms with E-state index in [0.29, 0.717) is 0 Å². The molecule has 2 saturated heterocycles. The summed E-state index contributed by atoms with van der Waals surface area (Å²) in [6.45, 7) is 7.07. The van der Waals surface area contributed by atoms with E-state index in [4.69, 9.17) is 18.0 Å². The fourth-order valence-electron chi connectivity index (χ4n) is 7.08. The zero-order valence-corrected chi connectivity index (χ0v) is 22.5. The SMILES string of the molecule is NC(=S)N/N=C/c1cc(F)c(N2CCN(CC3CCCCC3)CC2)cc1N1CC[C@@H]2CCCC[C@@H]2C1. The number of nitrogens with one attached hydrogen (secondary N) is 1. The van der Waals surface area contributed by atoms with Crippen LogP contribution in [0.1, 0.15) is 69.8 Å². The number of thiocarbonyl (C=S) groups is 1. The van der Waals surface area contributed by atoms with Crippen molar-refractivity contribution >= 4 is 34.9 Å². The van der Waals surface area contributed by atoms with Crippen molar-refractivity contribution in [2.75, 3.05) is 55.6 Å². The molecule has 0 spiro atoms. The van der Waals surface area contributed by atoms with Gasteiger partial charge in [-0.1, -0.05) is 38.5 Å². The van der Waals surface area contributed by atoms with E-state index in [1.54, 1.807) is 12.3 Å². The Morgan fingerprint density at radius 1 is 0.917 bits per heavy atom. The van der Waals surface area contributed by atoms with Gasteiger partial charge in [0.1, 0.15) is 5.82 Å². The van der Waals surface area contributed by atoms with Crippen LogP contribution >= 0.6 is 12.2 Å². The highest BCUT2D eigenvalue weighted by Crippen LogP contribution is 2.39. The molecular formula is C28H43FN6S.